The molecule has 2 rings (SSSR count). The SMILES string of the molecule is [C-]#[N+]C(C#N)(CCC(F)(F)F)Cn1cc(C(=O)C(F)(F)F)c2ccccc21. The van der Waals surface area contributed by atoms with Gasteiger partial charge in [-0.05, 0) is 6.07 Å². The predicted molar refractivity (Wildman–Crippen MR) is 82.6 cm³/mol. The van der Waals surface area contributed by atoms with Crippen molar-refractivity contribution in [1.82, 2.24) is 4.57 Å². The van der Waals surface area contributed by atoms with Crippen LogP contribution in [-0.4, -0.2) is 28.2 Å². The number of halogens is 6. The zero-order valence-electron chi connectivity index (χ0n) is 13.5. The molecule has 0 aliphatic heterocycles. The molecule has 4 nitrogen and oxygen atoms in total. The third kappa shape index (κ3) is 4.40. The van der Waals surface area contributed by atoms with Gasteiger partial charge < -0.3 is 4.57 Å². The lowest BCUT2D eigenvalue weighted by atomic mass is 9.95. The number of carbonyl (C=O) groups is 1. The number of alkyl halides is 6. The van der Waals surface area contributed by atoms with E-state index in [1.54, 1.807) is 0 Å². The molecule has 0 saturated heterocycles. The highest BCUT2D eigenvalue weighted by atomic mass is 19.4. The maximum Gasteiger partial charge on any atom is 0.454 e. The van der Waals surface area contributed by atoms with E-state index in [1.807, 2.05) is 0 Å². The van der Waals surface area contributed by atoms with Crippen LogP contribution < -0.4 is 0 Å². The highest BCUT2D eigenvalue weighted by molar-refractivity contribution is 6.10. The van der Waals surface area contributed by atoms with Crippen molar-refractivity contribution in [2.75, 3.05) is 0 Å². The number of benzene rings is 1. The van der Waals surface area contributed by atoms with Crippen molar-refractivity contribution >= 4 is 16.7 Å². The smallest absolute Gasteiger partial charge is 0.337 e. The molecule has 1 unspecified atom stereocenters. The summed E-state index contributed by atoms with van der Waals surface area (Å²) in [6, 6.07) is 7.01. The Bertz CT molecular complexity index is 929. The Hall–Kier alpha value is -3.01. The summed E-state index contributed by atoms with van der Waals surface area (Å²) >= 11 is 0. The van der Waals surface area contributed by atoms with E-state index in [2.05, 4.69) is 4.85 Å². The first kappa shape index (κ1) is 20.3. The van der Waals surface area contributed by atoms with E-state index in [0.717, 1.165) is 10.8 Å². The lowest BCUT2D eigenvalue weighted by Crippen LogP contribution is -2.30. The van der Waals surface area contributed by atoms with Crippen LogP contribution in [0.3, 0.4) is 0 Å². The number of Topliss-reactive ketones (excluding diaryl/α,β-unsaturated/α-hetero) is 1. The van der Waals surface area contributed by atoms with Crippen LogP contribution in [0.2, 0.25) is 0 Å². The molecule has 0 aliphatic rings. The number of hydrogen-bond acceptors (Lipinski definition) is 2. The number of hydrogen-bond donors (Lipinski definition) is 0. The highest BCUT2D eigenvalue weighted by Gasteiger charge is 2.44. The van der Waals surface area contributed by atoms with Gasteiger partial charge >= 0.3 is 17.9 Å². The molecule has 0 radical (unpaired) electrons. The predicted octanol–water partition coefficient (Wildman–Crippen LogP) is 4.91. The maximum atomic E-state index is 12.8. The molecule has 2 aromatic rings. The molecular formula is C17H11F6N3O. The van der Waals surface area contributed by atoms with Gasteiger partial charge in [0.15, 0.2) is 6.07 Å². The number of para-hydroxylation sites is 1. The first-order chi connectivity index (χ1) is 12.4. The Balaban J connectivity index is 2.51. The molecule has 0 aliphatic carbocycles. The van der Waals surface area contributed by atoms with Crippen molar-refractivity contribution in [3.63, 3.8) is 0 Å². The van der Waals surface area contributed by atoms with Crippen molar-refractivity contribution in [2.24, 2.45) is 0 Å². The zero-order chi connectivity index (χ0) is 20.5. The molecule has 0 N–H and O–H groups in total. The molecule has 27 heavy (non-hydrogen) atoms. The molecular weight excluding hydrogens is 376 g/mol. The standard InChI is InChI=1S/C17H11F6N3O/c1-25-15(9-24,6-7-16(18,19)20)10-26-8-12(14(27)17(21,22)23)11-4-2-3-5-13(11)26/h2-5,8H,6-7,10H2. The normalized spacial score (nSPS) is 14.4. The van der Waals surface area contributed by atoms with E-state index in [1.165, 1.54) is 30.3 Å². The van der Waals surface area contributed by atoms with Gasteiger partial charge in [-0.25, -0.2) is 6.57 Å². The number of aromatic nitrogens is 1. The van der Waals surface area contributed by atoms with Crippen LogP contribution in [0.15, 0.2) is 30.5 Å². The molecule has 1 aromatic heterocycles. The minimum atomic E-state index is -5.14. The summed E-state index contributed by atoms with van der Waals surface area (Å²) in [5.41, 5.74) is -2.71. The number of ketones is 1. The number of nitrogens with zero attached hydrogens (tertiary/aromatic N) is 3. The number of nitriles is 1. The van der Waals surface area contributed by atoms with Crippen LogP contribution in [0.25, 0.3) is 15.7 Å². The van der Waals surface area contributed by atoms with E-state index in [-0.39, 0.29) is 10.9 Å². The molecule has 10 heteroatoms. The van der Waals surface area contributed by atoms with Crippen LogP contribution >= 0.6 is 0 Å². The van der Waals surface area contributed by atoms with Gasteiger partial charge in [0, 0.05) is 17.1 Å². The minimum Gasteiger partial charge on any atom is -0.337 e. The van der Waals surface area contributed by atoms with Crippen molar-refractivity contribution in [3.05, 3.63) is 47.4 Å². The number of carbonyl (C=O) groups excluding carboxylic acids is 1. The van der Waals surface area contributed by atoms with E-state index in [0.29, 0.717) is 0 Å². The van der Waals surface area contributed by atoms with E-state index < -0.39 is 48.6 Å². The summed E-state index contributed by atoms with van der Waals surface area (Å²) in [4.78, 5) is 14.6. The molecule has 0 amide bonds. The Labute approximate surface area is 149 Å². The van der Waals surface area contributed by atoms with Gasteiger partial charge in [0.2, 0.25) is 0 Å². The molecule has 0 fully saturated rings. The Kier molecular flexibility index (Phi) is 5.23. The first-order valence-electron chi connectivity index (χ1n) is 7.48. The molecule has 0 saturated carbocycles. The number of fused-ring (bicyclic) bond motifs is 1. The van der Waals surface area contributed by atoms with Gasteiger partial charge in [0.25, 0.3) is 5.78 Å². The Morgan fingerprint density at radius 2 is 1.78 bits per heavy atom. The van der Waals surface area contributed by atoms with E-state index in [4.69, 9.17) is 6.57 Å². The summed E-state index contributed by atoms with van der Waals surface area (Å²) < 4.78 is 77.0. The van der Waals surface area contributed by atoms with Crippen LogP contribution in [-0.2, 0) is 6.54 Å². The van der Waals surface area contributed by atoms with Crippen LogP contribution in [0, 0.1) is 17.9 Å². The average molecular weight is 387 g/mol. The van der Waals surface area contributed by atoms with Crippen molar-refractivity contribution < 1.29 is 31.1 Å². The average Bonchev–Trinajstić information content (AvgIpc) is 2.95. The van der Waals surface area contributed by atoms with Crippen molar-refractivity contribution in [2.45, 2.75) is 37.3 Å². The monoisotopic (exact) mass is 387 g/mol. The highest BCUT2D eigenvalue weighted by Crippen LogP contribution is 2.33. The van der Waals surface area contributed by atoms with Crippen LogP contribution in [0.5, 0.6) is 0 Å². The topological polar surface area (TPSA) is 50.1 Å². The van der Waals surface area contributed by atoms with E-state index >= 15 is 0 Å². The fourth-order valence-corrected chi connectivity index (χ4v) is 2.63. The lowest BCUT2D eigenvalue weighted by molar-refractivity contribution is -0.136. The third-order valence-electron chi connectivity index (χ3n) is 3.97. The van der Waals surface area contributed by atoms with E-state index in [9.17, 15) is 36.4 Å². The van der Waals surface area contributed by atoms with Gasteiger partial charge in [0.1, 0.15) is 6.54 Å². The fourth-order valence-electron chi connectivity index (χ4n) is 2.63. The van der Waals surface area contributed by atoms with Crippen LogP contribution in [0.4, 0.5) is 26.3 Å². The largest absolute Gasteiger partial charge is 0.454 e. The Morgan fingerprint density at radius 3 is 2.30 bits per heavy atom. The molecule has 142 valence electrons. The maximum absolute atomic E-state index is 12.8. The summed E-state index contributed by atoms with van der Waals surface area (Å²) in [5, 5.41) is 9.20. The minimum absolute atomic E-state index is 0.0625. The third-order valence-corrected chi connectivity index (χ3v) is 3.97. The molecule has 1 atom stereocenters. The molecule has 1 aromatic carbocycles. The molecule has 0 spiro atoms. The van der Waals surface area contributed by atoms with Gasteiger partial charge in [-0.3, -0.25) is 9.64 Å². The quantitative estimate of drug-likeness (QED) is 0.416. The van der Waals surface area contributed by atoms with Crippen molar-refractivity contribution in [1.29, 1.82) is 5.26 Å². The van der Waals surface area contributed by atoms with Gasteiger partial charge in [0.05, 0.1) is 18.4 Å². The van der Waals surface area contributed by atoms with Crippen molar-refractivity contribution in [3.8, 4) is 6.07 Å². The summed E-state index contributed by atoms with van der Waals surface area (Å²) in [5.74, 6) is -2.11. The van der Waals surface area contributed by atoms with Crippen LogP contribution in [0.1, 0.15) is 23.2 Å². The number of rotatable bonds is 5. The summed E-state index contributed by atoms with van der Waals surface area (Å²) in [6.07, 6.45) is -11.1. The van der Waals surface area contributed by atoms with Gasteiger partial charge in [-0.1, -0.05) is 18.2 Å². The lowest BCUT2D eigenvalue weighted by Gasteiger charge is -2.17. The molecule has 0 bridgehead atoms. The Morgan fingerprint density at radius 1 is 1.15 bits per heavy atom. The van der Waals surface area contributed by atoms with Gasteiger partial charge in [-0.2, -0.15) is 31.6 Å². The summed E-state index contributed by atoms with van der Waals surface area (Å²) in [6.45, 7) is 6.54. The zero-order valence-corrected chi connectivity index (χ0v) is 13.5. The van der Waals surface area contributed by atoms with Gasteiger partial charge in [-0.15, -0.1) is 0 Å². The summed E-state index contributed by atoms with van der Waals surface area (Å²) in [7, 11) is 0. The second-order valence-corrected chi connectivity index (χ2v) is 5.89. The molecule has 1 heterocycles. The second-order valence-electron chi connectivity index (χ2n) is 5.89. The second kappa shape index (κ2) is 6.95. The fraction of sp³-hybridized carbons (Fsp3) is 0.353. The first-order valence-corrected chi connectivity index (χ1v) is 7.48.